The van der Waals surface area contributed by atoms with Gasteiger partial charge in [0.15, 0.2) is 12.6 Å². The van der Waals surface area contributed by atoms with Gasteiger partial charge in [0, 0.05) is 14.0 Å². The highest BCUT2D eigenvalue weighted by molar-refractivity contribution is 5.65. The van der Waals surface area contributed by atoms with E-state index in [-0.39, 0.29) is 52.9 Å². The fraction of sp³-hybridized carbons (Fsp3) is 0.351. The Bertz CT molecular complexity index is 2350. The number of hydrogen-bond donors (Lipinski definition) is 0. The molecule has 2 fully saturated rings. The Balaban J connectivity index is 1.13. The lowest BCUT2D eigenvalue weighted by molar-refractivity contribution is -0.350. The zero-order valence-electron chi connectivity index (χ0n) is 39.1. The number of carbonyl (C=O) groups is 1. The average Bonchev–Trinajstić information content (AvgIpc) is 3.40. The summed E-state index contributed by atoms with van der Waals surface area (Å²) in [4.78, 5) is 12.4. The Morgan fingerprint density at radius 3 is 0.957 bits per heavy atom. The van der Waals surface area contributed by atoms with Crippen LogP contribution in [0, 0.1) is 0 Å². The van der Waals surface area contributed by atoms with E-state index in [2.05, 4.69) is 0 Å². The minimum atomic E-state index is -1.08. The van der Waals surface area contributed by atoms with Crippen LogP contribution in [0.4, 0.5) is 0 Å². The molecule has 0 spiro atoms. The highest BCUT2D eigenvalue weighted by Gasteiger charge is 2.52. The molecule has 69 heavy (non-hydrogen) atoms. The molecule has 2 aliphatic rings. The third-order valence-electron chi connectivity index (χ3n) is 12.0. The molecule has 2 saturated heterocycles. The average molecular weight is 939 g/mol. The molecule has 0 saturated carbocycles. The van der Waals surface area contributed by atoms with E-state index in [0.717, 1.165) is 33.4 Å². The first-order valence-electron chi connectivity index (χ1n) is 23.5. The van der Waals surface area contributed by atoms with Crippen molar-refractivity contribution in [3.63, 3.8) is 0 Å². The predicted octanol–water partition coefficient (Wildman–Crippen LogP) is 9.17. The van der Waals surface area contributed by atoms with Gasteiger partial charge in [0.1, 0.15) is 55.4 Å². The van der Waals surface area contributed by atoms with Gasteiger partial charge in [-0.3, -0.25) is 4.79 Å². The maximum Gasteiger partial charge on any atom is 0.302 e. The highest BCUT2D eigenvalue weighted by atomic mass is 16.8. The Hall–Kier alpha value is -5.61. The van der Waals surface area contributed by atoms with Gasteiger partial charge in [0.25, 0.3) is 0 Å². The molecule has 2 aliphatic heterocycles. The molecular formula is C57H62O12. The van der Waals surface area contributed by atoms with Crippen LogP contribution in [0.3, 0.4) is 0 Å². The van der Waals surface area contributed by atoms with Gasteiger partial charge < -0.3 is 52.1 Å². The number of rotatable bonds is 24. The molecule has 8 rings (SSSR count). The van der Waals surface area contributed by atoms with Crippen molar-refractivity contribution in [1.82, 2.24) is 0 Å². The number of methoxy groups -OCH3 is 1. The topological polar surface area (TPSA) is 119 Å². The van der Waals surface area contributed by atoms with E-state index < -0.39 is 67.4 Å². The van der Waals surface area contributed by atoms with Crippen LogP contribution in [0.2, 0.25) is 0 Å². The minimum absolute atomic E-state index is 0.0625. The molecule has 0 aliphatic carbocycles. The number of hydrogen-bond acceptors (Lipinski definition) is 12. The van der Waals surface area contributed by atoms with Crippen LogP contribution < -0.4 is 0 Å². The lowest BCUT2D eigenvalue weighted by Crippen LogP contribution is -2.64. The first-order valence-corrected chi connectivity index (χ1v) is 23.5. The van der Waals surface area contributed by atoms with E-state index in [9.17, 15) is 4.79 Å². The molecule has 0 bridgehead atoms. The SMILES string of the molecule is CO[C@@H]1O[C@H](CO[C@H]2O[C@H](COC(C)=O)[C@@H](OCc3ccccc3)[C@H](OCc3ccccc3)[C@@H]2OCc2ccccc2)[C@@H](OCc2ccccc2)[C@H](OCc2ccccc2)[C@@H]1OCc1ccccc1. The molecular weight excluding hydrogens is 877 g/mol. The van der Waals surface area contributed by atoms with Gasteiger partial charge >= 0.3 is 5.97 Å². The summed E-state index contributed by atoms with van der Waals surface area (Å²) < 4.78 is 73.2. The van der Waals surface area contributed by atoms with Gasteiger partial charge in [-0.15, -0.1) is 0 Å². The molecule has 0 amide bonds. The van der Waals surface area contributed by atoms with Crippen molar-refractivity contribution in [3.8, 4) is 0 Å². The summed E-state index contributed by atoms with van der Waals surface area (Å²) in [5, 5.41) is 0. The number of benzene rings is 6. The van der Waals surface area contributed by atoms with Crippen molar-refractivity contribution in [2.45, 2.75) is 108 Å². The summed E-state index contributed by atoms with van der Waals surface area (Å²) in [6.07, 6.45) is -8.13. The molecule has 6 aromatic rings. The zero-order chi connectivity index (χ0) is 47.5. The molecule has 2 heterocycles. The molecule has 6 aromatic carbocycles. The predicted molar refractivity (Wildman–Crippen MR) is 257 cm³/mol. The van der Waals surface area contributed by atoms with Crippen molar-refractivity contribution in [2.24, 2.45) is 0 Å². The molecule has 0 N–H and O–H groups in total. The molecule has 0 aromatic heterocycles. The maximum atomic E-state index is 12.4. The minimum Gasteiger partial charge on any atom is -0.463 e. The van der Waals surface area contributed by atoms with Crippen LogP contribution in [0.1, 0.15) is 40.3 Å². The van der Waals surface area contributed by atoms with Crippen LogP contribution in [0.5, 0.6) is 0 Å². The van der Waals surface area contributed by atoms with Gasteiger partial charge in [0.05, 0.1) is 46.2 Å². The Morgan fingerprint density at radius 2 is 0.638 bits per heavy atom. The van der Waals surface area contributed by atoms with Gasteiger partial charge in [-0.1, -0.05) is 182 Å². The Morgan fingerprint density at radius 1 is 0.362 bits per heavy atom. The summed E-state index contributed by atoms with van der Waals surface area (Å²) in [6, 6.07) is 59.4. The van der Waals surface area contributed by atoms with Gasteiger partial charge in [-0.2, -0.15) is 0 Å². The molecule has 12 nitrogen and oxygen atoms in total. The normalized spacial score (nSPS) is 24.7. The van der Waals surface area contributed by atoms with Crippen molar-refractivity contribution in [1.29, 1.82) is 0 Å². The van der Waals surface area contributed by atoms with Crippen molar-refractivity contribution >= 4 is 5.97 Å². The largest absolute Gasteiger partial charge is 0.463 e. The lowest BCUT2D eigenvalue weighted by atomic mass is 9.97. The van der Waals surface area contributed by atoms with E-state index in [1.54, 1.807) is 7.11 Å². The standard InChI is InChI=1S/C57H62O12/c1-41(58)60-39-48-50(61-33-42-21-9-3-10-22-42)53(64-36-45-27-15-6-16-28-45)55(66-38-47-31-19-8-20-32-47)57(69-48)67-40-49-51(62-34-43-23-11-4-12-24-43)52(63-35-44-25-13-5-14-26-44)54(56(59-2)68-49)65-37-46-29-17-7-18-30-46/h3-32,48-57H,33-40H2,1-2H3/t48-,49-,50-,51-,52+,53+,54+,55+,56-,57+/m1/s1. The Labute approximate surface area is 405 Å². The third kappa shape index (κ3) is 14.7. The quantitative estimate of drug-likeness (QED) is 0.0539. The summed E-state index contributed by atoms with van der Waals surface area (Å²) in [6.45, 7) is 2.66. The Kier molecular flexibility index (Phi) is 19.0. The number of ether oxygens (including phenoxy) is 11. The highest BCUT2D eigenvalue weighted by Crippen LogP contribution is 2.35. The summed E-state index contributed by atoms with van der Waals surface area (Å²) in [7, 11) is 1.59. The molecule has 362 valence electrons. The van der Waals surface area contributed by atoms with E-state index in [1.807, 2.05) is 182 Å². The monoisotopic (exact) mass is 938 g/mol. The maximum absolute atomic E-state index is 12.4. The van der Waals surface area contributed by atoms with Crippen LogP contribution >= 0.6 is 0 Å². The summed E-state index contributed by atoms with van der Waals surface area (Å²) in [5.74, 6) is -0.465. The van der Waals surface area contributed by atoms with Crippen LogP contribution in [-0.2, 0) is 96.5 Å². The second-order valence-electron chi connectivity index (χ2n) is 17.0. The molecule has 10 atom stereocenters. The van der Waals surface area contributed by atoms with Crippen molar-refractivity contribution < 1.29 is 56.9 Å². The zero-order valence-corrected chi connectivity index (χ0v) is 39.1. The van der Waals surface area contributed by atoms with Gasteiger partial charge in [-0.05, 0) is 33.4 Å². The number of carbonyl (C=O) groups excluding carboxylic acids is 1. The van der Waals surface area contributed by atoms with Gasteiger partial charge in [-0.25, -0.2) is 0 Å². The molecule has 12 heteroatoms. The summed E-state index contributed by atoms with van der Waals surface area (Å²) >= 11 is 0. The molecule has 0 radical (unpaired) electrons. The van der Waals surface area contributed by atoms with E-state index in [0.29, 0.717) is 0 Å². The van der Waals surface area contributed by atoms with E-state index in [1.165, 1.54) is 6.92 Å². The van der Waals surface area contributed by atoms with E-state index >= 15 is 0 Å². The fourth-order valence-corrected chi connectivity index (χ4v) is 8.47. The smallest absolute Gasteiger partial charge is 0.302 e. The first kappa shape index (κ1) is 49.8. The molecule has 0 unspecified atom stereocenters. The third-order valence-corrected chi connectivity index (χ3v) is 12.0. The second kappa shape index (κ2) is 26.4. The first-order chi connectivity index (χ1) is 34.0. The van der Waals surface area contributed by atoms with Crippen LogP contribution in [0.25, 0.3) is 0 Å². The second-order valence-corrected chi connectivity index (χ2v) is 17.0. The van der Waals surface area contributed by atoms with Crippen LogP contribution in [0.15, 0.2) is 182 Å². The summed E-state index contributed by atoms with van der Waals surface area (Å²) in [5.41, 5.74) is 5.77. The van der Waals surface area contributed by atoms with E-state index in [4.69, 9.17) is 52.1 Å². The van der Waals surface area contributed by atoms with Crippen molar-refractivity contribution in [3.05, 3.63) is 215 Å². The lowest BCUT2D eigenvalue weighted by Gasteiger charge is -2.47. The van der Waals surface area contributed by atoms with Gasteiger partial charge in [0.2, 0.25) is 0 Å². The fourth-order valence-electron chi connectivity index (χ4n) is 8.47. The number of esters is 1. The van der Waals surface area contributed by atoms with Crippen LogP contribution in [-0.4, -0.2) is 87.7 Å². The van der Waals surface area contributed by atoms with Crippen molar-refractivity contribution in [2.75, 3.05) is 20.3 Å².